The van der Waals surface area contributed by atoms with Crippen molar-refractivity contribution in [3.8, 4) is 0 Å². The largest absolute Gasteiger partial charge is 0.466 e. The van der Waals surface area contributed by atoms with Gasteiger partial charge in [0, 0.05) is 12.8 Å². The SMILES string of the molecule is CCCCCCCCC/C=C/CC/C=C/C(O)C(COC1OC(CO)C(O)C(O)C1O)NC(=O)CCCCCCCCCCCCCCCCCCCCCCCCCCCCCCCCCCCCCCCCCOC(=O)CCCCCCCCCCCCCCC. The van der Waals surface area contributed by atoms with Crippen LogP contribution in [0.3, 0.4) is 0 Å². The van der Waals surface area contributed by atoms with Gasteiger partial charge in [-0.3, -0.25) is 9.59 Å². The predicted molar refractivity (Wildman–Crippen MR) is 394 cm³/mol. The summed E-state index contributed by atoms with van der Waals surface area (Å²) in [5.74, 6) is -0.163. The highest BCUT2D eigenvalue weighted by Crippen LogP contribution is 2.24. The minimum absolute atomic E-state index is 0.0206. The van der Waals surface area contributed by atoms with Crippen molar-refractivity contribution in [2.45, 2.75) is 468 Å². The lowest BCUT2D eigenvalue weighted by Crippen LogP contribution is -2.60. The van der Waals surface area contributed by atoms with Gasteiger partial charge in [-0.1, -0.05) is 391 Å². The van der Waals surface area contributed by atoms with Crippen molar-refractivity contribution in [1.29, 1.82) is 0 Å². The average Bonchev–Trinajstić information content (AvgIpc) is 1.02. The number of hydrogen-bond donors (Lipinski definition) is 6. The maximum absolute atomic E-state index is 13.1. The number of ether oxygens (including phenoxy) is 3. The normalized spacial score (nSPS) is 17.5. The van der Waals surface area contributed by atoms with Crippen molar-refractivity contribution in [1.82, 2.24) is 5.32 Å². The predicted octanol–water partition coefficient (Wildman–Crippen LogP) is 22.3. The van der Waals surface area contributed by atoms with Gasteiger partial charge in [0.15, 0.2) is 6.29 Å². The summed E-state index contributed by atoms with van der Waals surface area (Å²) in [6.45, 7) is 4.38. The summed E-state index contributed by atoms with van der Waals surface area (Å²) < 4.78 is 16.8. The molecule has 6 N–H and O–H groups in total. The Hall–Kier alpha value is -1.86. The van der Waals surface area contributed by atoms with Crippen molar-refractivity contribution in [2.75, 3.05) is 19.8 Å². The fourth-order valence-corrected chi connectivity index (χ4v) is 13.4. The zero-order valence-electron chi connectivity index (χ0n) is 61.5. The Morgan fingerprint density at radius 2 is 0.699 bits per heavy atom. The molecule has 1 aliphatic rings. The maximum atomic E-state index is 13.1. The van der Waals surface area contributed by atoms with Gasteiger partial charge >= 0.3 is 5.97 Å². The summed E-state index contributed by atoms with van der Waals surface area (Å²) >= 11 is 0. The summed E-state index contributed by atoms with van der Waals surface area (Å²) in [6.07, 6.45) is 82.3. The van der Waals surface area contributed by atoms with Gasteiger partial charge < -0.3 is 45.1 Å². The Balaban J connectivity index is 1.87. The number of carbonyl (C=O) groups is 2. The molecule has 11 nitrogen and oxygen atoms in total. The molecule has 550 valence electrons. The molecule has 1 rings (SSSR count). The number of esters is 1. The highest BCUT2D eigenvalue weighted by atomic mass is 16.7. The average molecular weight is 1320 g/mol. The molecule has 0 aromatic carbocycles. The van der Waals surface area contributed by atoms with Gasteiger partial charge in [-0.2, -0.15) is 0 Å². The lowest BCUT2D eigenvalue weighted by Gasteiger charge is -2.40. The second-order valence-electron chi connectivity index (χ2n) is 28.8. The Morgan fingerprint density at radius 3 is 1.06 bits per heavy atom. The van der Waals surface area contributed by atoms with Gasteiger partial charge in [0.2, 0.25) is 5.91 Å². The minimum Gasteiger partial charge on any atom is -0.466 e. The van der Waals surface area contributed by atoms with Crippen LogP contribution in [0.4, 0.5) is 0 Å². The lowest BCUT2D eigenvalue weighted by molar-refractivity contribution is -0.302. The molecule has 0 bridgehead atoms. The second-order valence-corrected chi connectivity index (χ2v) is 28.8. The first-order chi connectivity index (χ1) is 45.7. The Labute approximate surface area is 575 Å². The Kier molecular flexibility index (Phi) is 68.5. The van der Waals surface area contributed by atoms with Crippen LogP contribution >= 0.6 is 0 Å². The molecule has 11 heteroatoms. The van der Waals surface area contributed by atoms with E-state index in [0.717, 1.165) is 51.4 Å². The first kappa shape index (κ1) is 89.2. The number of allylic oxidation sites excluding steroid dienone is 3. The molecule has 1 aliphatic heterocycles. The third-order valence-corrected chi connectivity index (χ3v) is 19.8. The van der Waals surface area contributed by atoms with Crippen molar-refractivity contribution in [3.63, 3.8) is 0 Å². The highest BCUT2D eigenvalue weighted by molar-refractivity contribution is 5.76. The summed E-state index contributed by atoms with van der Waals surface area (Å²) in [5, 5.41) is 54.5. The molecule has 1 saturated heterocycles. The number of unbranched alkanes of at least 4 members (excludes halogenated alkanes) is 58. The van der Waals surface area contributed by atoms with Crippen molar-refractivity contribution in [3.05, 3.63) is 24.3 Å². The van der Waals surface area contributed by atoms with Crippen LogP contribution in [-0.4, -0.2) is 100 Å². The maximum Gasteiger partial charge on any atom is 0.305 e. The molecule has 7 unspecified atom stereocenters. The number of nitrogens with one attached hydrogen (secondary N) is 1. The molecule has 93 heavy (non-hydrogen) atoms. The van der Waals surface area contributed by atoms with E-state index in [1.54, 1.807) is 6.08 Å². The molecule has 1 amide bonds. The lowest BCUT2D eigenvalue weighted by atomic mass is 9.99. The van der Waals surface area contributed by atoms with Crippen LogP contribution in [0.25, 0.3) is 0 Å². The van der Waals surface area contributed by atoms with Crippen molar-refractivity contribution >= 4 is 11.9 Å². The molecular weight excluding hydrogens is 1160 g/mol. The van der Waals surface area contributed by atoms with Crippen LogP contribution < -0.4 is 5.32 Å². The number of amides is 1. The molecule has 7 atom stereocenters. The Bertz CT molecular complexity index is 1590. The zero-order chi connectivity index (χ0) is 67.2. The van der Waals surface area contributed by atoms with E-state index in [1.165, 1.54) is 347 Å². The van der Waals surface area contributed by atoms with E-state index in [2.05, 4.69) is 31.3 Å². The molecule has 0 spiro atoms. The number of aliphatic hydroxyl groups excluding tert-OH is 5. The zero-order valence-corrected chi connectivity index (χ0v) is 61.5. The molecule has 0 radical (unpaired) electrons. The van der Waals surface area contributed by atoms with Crippen molar-refractivity contribution < 1.29 is 49.3 Å². The minimum atomic E-state index is -1.57. The van der Waals surface area contributed by atoms with E-state index in [4.69, 9.17) is 14.2 Å². The van der Waals surface area contributed by atoms with Gasteiger partial charge in [0.05, 0.1) is 32.0 Å². The molecular formula is C82H157NO10. The molecule has 1 fully saturated rings. The molecule has 1 heterocycles. The first-order valence-corrected chi connectivity index (χ1v) is 41.1. The van der Waals surface area contributed by atoms with Gasteiger partial charge in [0.1, 0.15) is 24.4 Å². The quantitative estimate of drug-likeness (QED) is 0.0195. The van der Waals surface area contributed by atoms with E-state index in [1.807, 2.05) is 6.08 Å². The highest BCUT2D eigenvalue weighted by Gasteiger charge is 2.44. The van der Waals surface area contributed by atoms with Gasteiger partial charge in [0.25, 0.3) is 0 Å². The van der Waals surface area contributed by atoms with E-state index in [-0.39, 0.29) is 18.5 Å². The fraction of sp³-hybridized carbons (Fsp3) is 0.927. The summed E-state index contributed by atoms with van der Waals surface area (Å²) in [7, 11) is 0. The smallest absolute Gasteiger partial charge is 0.305 e. The standard InChI is InChI=1S/C82H157NO10/c1-3-5-7-9-11-13-15-44-48-52-56-60-64-68-75(85)74(73-92-82-81(90)80(89)79(88)76(72-84)93-82)83-77(86)69-65-61-57-53-49-46-42-40-38-36-34-32-30-28-26-24-22-20-18-17-19-21-23-25-27-29-31-33-35-37-39-41-43-47-51-55-59-63-67-71-91-78(87)70-66-62-58-54-50-45-16-14-12-10-8-6-4-2/h48,52,64,68,74-76,79-82,84-85,88-90H,3-47,49-51,53-63,65-67,69-73H2,1-2H3,(H,83,86)/b52-48+,68-64+. The summed E-state index contributed by atoms with van der Waals surface area (Å²) in [5.41, 5.74) is 0. The molecule has 0 aliphatic carbocycles. The van der Waals surface area contributed by atoms with Crippen molar-refractivity contribution in [2.24, 2.45) is 0 Å². The van der Waals surface area contributed by atoms with Gasteiger partial charge in [-0.15, -0.1) is 0 Å². The third kappa shape index (κ3) is 59.9. The molecule has 0 aromatic heterocycles. The van der Waals surface area contributed by atoms with Gasteiger partial charge in [-0.25, -0.2) is 0 Å². The topological polar surface area (TPSA) is 175 Å². The van der Waals surface area contributed by atoms with E-state index < -0.39 is 49.5 Å². The van der Waals surface area contributed by atoms with Gasteiger partial charge in [-0.05, 0) is 44.9 Å². The van der Waals surface area contributed by atoms with Crippen LogP contribution in [0.1, 0.15) is 425 Å². The monoisotopic (exact) mass is 1320 g/mol. The van der Waals surface area contributed by atoms with Crippen LogP contribution in [0, 0.1) is 0 Å². The summed E-state index contributed by atoms with van der Waals surface area (Å²) in [4.78, 5) is 25.2. The van der Waals surface area contributed by atoms with Crippen LogP contribution in [0.2, 0.25) is 0 Å². The molecule has 0 aromatic rings. The molecule has 0 saturated carbocycles. The fourth-order valence-electron chi connectivity index (χ4n) is 13.4. The first-order valence-electron chi connectivity index (χ1n) is 41.1. The third-order valence-electron chi connectivity index (χ3n) is 19.8. The number of carbonyl (C=O) groups excluding carboxylic acids is 2. The number of hydrogen-bond acceptors (Lipinski definition) is 10. The van der Waals surface area contributed by atoms with Crippen LogP contribution in [-0.2, 0) is 23.8 Å². The van der Waals surface area contributed by atoms with Crippen LogP contribution in [0.5, 0.6) is 0 Å². The van der Waals surface area contributed by atoms with E-state index >= 15 is 0 Å². The Morgan fingerprint density at radius 1 is 0.387 bits per heavy atom. The second kappa shape index (κ2) is 71.4. The summed E-state index contributed by atoms with van der Waals surface area (Å²) in [6, 6.07) is -0.822. The number of aliphatic hydroxyl groups is 5. The van der Waals surface area contributed by atoms with E-state index in [9.17, 15) is 35.1 Å². The van der Waals surface area contributed by atoms with Crippen LogP contribution in [0.15, 0.2) is 24.3 Å². The van der Waals surface area contributed by atoms with E-state index in [0.29, 0.717) is 19.4 Å². The number of rotatable bonds is 74.